The maximum Gasteiger partial charge on any atom is 0.422 e. The molecule has 0 unspecified atom stereocenters. The molecular weight excluding hydrogens is 213 g/mol. The molecule has 76 valence electrons. The average Bonchev–Trinajstić information content (AvgIpc) is 2.07. The quantitative estimate of drug-likeness (QED) is 0.769. The van der Waals surface area contributed by atoms with Crippen molar-refractivity contribution in [3.8, 4) is 5.75 Å². The molecule has 0 aromatic heterocycles. The van der Waals surface area contributed by atoms with Gasteiger partial charge in [-0.2, -0.15) is 13.2 Å². The molecule has 0 radical (unpaired) electrons. The van der Waals surface area contributed by atoms with Crippen LogP contribution in [0.3, 0.4) is 0 Å². The van der Waals surface area contributed by atoms with Gasteiger partial charge in [-0.25, -0.2) is 0 Å². The van der Waals surface area contributed by atoms with Crippen molar-refractivity contribution in [3.63, 3.8) is 0 Å². The van der Waals surface area contributed by atoms with Crippen molar-refractivity contribution in [1.82, 2.24) is 0 Å². The molecule has 1 aromatic carbocycles. The van der Waals surface area contributed by atoms with Crippen LogP contribution in [0.2, 0.25) is 0 Å². The number of allylic oxidation sites excluding steroid dienone is 1. The topological polar surface area (TPSA) is 20.2 Å². The number of hydrogen-bond acceptors (Lipinski definition) is 2. The first-order valence-electron chi connectivity index (χ1n) is 3.63. The minimum Gasteiger partial charge on any atom is -0.507 e. The number of phenols is 1. The maximum absolute atomic E-state index is 12.1. The Balaban J connectivity index is 2.80. The van der Waals surface area contributed by atoms with Crippen LogP contribution in [0.4, 0.5) is 13.2 Å². The summed E-state index contributed by atoms with van der Waals surface area (Å²) in [5.41, 5.74) is 0. The number of halogens is 3. The van der Waals surface area contributed by atoms with E-state index >= 15 is 0 Å². The minimum absolute atomic E-state index is 0.148. The van der Waals surface area contributed by atoms with E-state index in [1.165, 1.54) is 18.2 Å². The van der Waals surface area contributed by atoms with Gasteiger partial charge in [0.2, 0.25) is 0 Å². The van der Waals surface area contributed by atoms with Gasteiger partial charge in [-0.15, -0.1) is 0 Å². The Morgan fingerprint density at radius 2 is 1.86 bits per heavy atom. The average molecular weight is 220 g/mol. The lowest BCUT2D eigenvalue weighted by atomic mass is 10.3. The highest BCUT2D eigenvalue weighted by molar-refractivity contribution is 8.03. The lowest BCUT2D eigenvalue weighted by molar-refractivity contribution is -0.0832. The van der Waals surface area contributed by atoms with Crippen molar-refractivity contribution in [2.75, 3.05) is 0 Å². The van der Waals surface area contributed by atoms with E-state index in [1.807, 2.05) is 0 Å². The van der Waals surface area contributed by atoms with Crippen molar-refractivity contribution < 1.29 is 18.3 Å². The standard InChI is InChI=1S/C9H7F3OS/c1-6(9(10,11)12)14-8-5-3-2-4-7(8)13/h2-5,13H,1H2. The Kier molecular flexibility index (Phi) is 3.10. The Morgan fingerprint density at radius 1 is 1.29 bits per heavy atom. The van der Waals surface area contributed by atoms with E-state index in [0.29, 0.717) is 11.8 Å². The van der Waals surface area contributed by atoms with E-state index in [-0.39, 0.29) is 10.6 Å². The highest BCUT2D eigenvalue weighted by atomic mass is 32.2. The molecule has 1 N–H and O–H groups in total. The summed E-state index contributed by atoms with van der Waals surface area (Å²) in [4.78, 5) is -0.797. The smallest absolute Gasteiger partial charge is 0.422 e. The third-order valence-corrected chi connectivity index (χ3v) is 2.46. The molecule has 0 spiro atoms. The summed E-state index contributed by atoms with van der Waals surface area (Å²) in [5, 5.41) is 9.20. The third-order valence-electron chi connectivity index (χ3n) is 1.41. The van der Waals surface area contributed by atoms with Crippen molar-refractivity contribution >= 4 is 11.8 Å². The van der Waals surface area contributed by atoms with Gasteiger partial charge in [0.15, 0.2) is 0 Å². The minimum atomic E-state index is -4.44. The molecule has 0 saturated heterocycles. The Morgan fingerprint density at radius 3 is 2.36 bits per heavy atom. The number of benzene rings is 1. The van der Waals surface area contributed by atoms with E-state index in [4.69, 9.17) is 0 Å². The predicted molar refractivity (Wildman–Crippen MR) is 49.2 cm³/mol. The van der Waals surface area contributed by atoms with Crippen LogP contribution >= 0.6 is 11.8 Å². The summed E-state index contributed by atoms with van der Waals surface area (Å²) < 4.78 is 36.2. The molecule has 0 bridgehead atoms. The Hall–Kier alpha value is -1.10. The molecule has 1 nitrogen and oxygen atoms in total. The molecule has 0 heterocycles. The lowest BCUT2D eigenvalue weighted by Gasteiger charge is -2.09. The fourth-order valence-electron chi connectivity index (χ4n) is 0.734. The van der Waals surface area contributed by atoms with Gasteiger partial charge in [-0.05, 0) is 12.1 Å². The maximum atomic E-state index is 12.1. The third kappa shape index (κ3) is 2.70. The molecule has 0 aliphatic rings. The second-order valence-corrected chi connectivity index (χ2v) is 3.63. The Bertz CT molecular complexity index is 346. The summed E-state index contributed by atoms with van der Waals surface area (Å²) in [5.74, 6) is -0.178. The normalized spacial score (nSPS) is 11.4. The molecule has 1 aromatic rings. The molecular formula is C9H7F3OS. The van der Waals surface area contributed by atoms with Gasteiger partial charge in [-0.3, -0.25) is 0 Å². The first-order chi connectivity index (χ1) is 6.41. The van der Waals surface area contributed by atoms with E-state index < -0.39 is 11.1 Å². The predicted octanol–water partition coefficient (Wildman–Crippen LogP) is 3.56. The van der Waals surface area contributed by atoms with Crippen LogP contribution in [0.5, 0.6) is 5.75 Å². The SMILES string of the molecule is C=C(Sc1ccccc1O)C(F)(F)F. The van der Waals surface area contributed by atoms with Crippen molar-refractivity contribution in [3.05, 3.63) is 35.7 Å². The first kappa shape index (κ1) is 11.0. The van der Waals surface area contributed by atoms with Crippen LogP contribution in [0.15, 0.2) is 40.6 Å². The van der Waals surface area contributed by atoms with Gasteiger partial charge in [-0.1, -0.05) is 30.5 Å². The highest BCUT2D eigenvalue weighted by Crippen LogP contribution is 2.40. The molecule has 0 aliphatic heterocycles. The molecule has 0 atom stereocenters. The number of para-hydroxylation sites is 1. The fourth-order valence-corrected chi connectivity index (χ4v) is 1.43. The zero-order valence-electron chi connectivity index (χ0n) is 7.01. The molecule has 5 heteroatoms. The number of phenolic OH excluding ortho intramolecular Hbond substituents is 1. The van der Waals surface area contributed by atoms with Crippen LogP contribution < -0.4 is 0 Å². The van der Waals surface area contributed by atoms with Crippen molar-refractivity contribution in [2.24, 2.45) is 0 Å². The lowest BCUT2D eigenvalue weighted by Crippen LogP contribution is -2.07. The molecule has 14 heavy (non-hydrogen) atoms. The monoisotopic (exact) mass is 220 g/mol. The van der Waals surface area contributed by atoms with Gasteiger partial charge in [0.05, 0.1) is 9.80 Å². The zero-order chi connectivity index (χ0) is 10.8. The number of aromatic hydroxyl groups is 1. The van der Waals surface area contributed by atoms with E-state index in [9.17, 15) is 18.3 Å². The highest BCUT2D eigenvalue weighted by Gasteiger charge is 2.32. The van der Waals surface area contributed by atoms with Gasteiger partial charge >= 0.3 is 6.18 Å². The summed E-state index contributed by atoms with van der Waals surface area (Å²) >= 11 is 0.408. The van der Waals surface area contributed by atoms with Crippen LogP contribution in [-0.2, 0) is 0 Å². The van der Waals surface area contributed by atoms with Crippen LogP contribution in [-0.4, -0.2) is 11.3 Å². The van der Waals surface area contributed by atoms with Crippen LogP contribution in [0.25, 0.3) is 0 Å². The zero-order valence-corrected chi connectivity index (χ0v) is 7.82. The number of thioether (sulfide) groups is 1. The summed E-state index contributed by atoms with van der Waals surface area (Å²) in [6, 6.07) is 5.81. The summed E-state index contributed by atoms with van der Waals surface area (Å²) in [7, 11) is 0. The molecule has 0 amide bonds. The van der Waals surface area contributed by atoms with E-state index in [0.717, 1.165) is 0 Å². The van der Waals surface area contributed by atoms with Gasteiger partial charge in [0.1, 0.15) is 5.75 Å². The second-order valence-electron chi connectivity index (χ2n) is 2.49. The van der Waals surface area contributed by atoms with Gasteiger partial charge in [0, 0.05) is 0 Å². The van der Waals surface area contributed by atoms with Crippen molar-refractivity contribution in [1.29, 1.82) is 0 Å². The van der Waals surface area contributed by atoms with E-state index in [1.54, 1.807) is 6.07 Å². The number of rotatable bonds is 2. The molecule has 1 rings (SSSR count). The molecule has 0 fully saturated rings. The summed E-state index contributed by atoms with van der Waals surface area (Å²) in [6.07, 6.45) is -4.44. The van der Waals surface area contributed by atoms with Gasteiger partial charge in [0.25, 0.3) is 0 Å². The van der Waals surface area contributed by atoms with E-state index in [2.05, 4.69) is 6.58 Å². The van der Waals surface area contributed by atoms with Gasteiger partial charge < -0.3 is 5.11 Å². The first-order valence-corrected chi connectivity index (χ1v) is 4.45. The summed E-state index contributed by atoms with van der Waals surface area (Å²) in [6.45, 7) is 2.89. The van der Waals surface area contributed by atoms with Crippen LogP contribution in [0, 0.1) is 0 Å². The number of alkyl halides is 3. The second kappa shape index (κ2) is 3.96. The number of hydrogen-bond donors (Lipinski definition) is 1. The molecule has 0 aliphatic carbocycles. The molecule has 0 saturated carbocycles. The van der Waals surface area contributed by atoms with Crippen molar-refractivity contribution in [2.45, 2.75) is 11.1 Å². The fraction of sp³-hybridized carbons (Fsp3) is 0.111. The van der Waals surface area contributed by atoms with Crippen LogP contribution in [0.1, 0.15) is 0 Å². The Labute approximate surface area is 83.3 Å². The largest absolute Gasteiger partial charge is 0.507 e.